The van der Waals surface area contributed by atoms with Crippen LogP contribution >= 0.6 is 0 Å². The summed E-state index contributed by atoms with van der Waals surface area (Å²) in [5, 5.41) is 18.6. The molecule has 152 valence electrons. The van der Waals surface area contributed by atoms with E-state index in [1.165, 1.54) is 11.0 Å². The Morgan fingerprint density at radius 1 is 0.935 bits per heavy atom. The molecule has 3 aromatic heterocycles. The molecule has 0 saturated heterocycles. The molecule has 0 saturated carbocycles. The highest BCUT2D eigenvalue weighted by atomic mass is 16.3. The highest BCUT2D eigenvalue weighted by molar-refractivity contribution is 6.07. The molecule has 0 fully saturated rings. The lowest BCUT2D eigenvalue weighted by Gasteiger charge is -2.06. The summed E-state index contributed by atoms with van der Waals surface area (Å²) in [6, 6.07) is 20.5. The van der Waals surface area contributed by atoms with Crippen molar-refractivity contribution in [2.75, 3.05) is 5.32 Å². The van der Waals surface area contributed by atoms with Crippen LogP contribution in [-0.4, -0.2) is 35.9 Å². The van der Waals surface area contributed by atoms with Crippen LogP contribution in [0.3, 0.4) is 0 Å². The van der Waals surface area contributed by atoms with Crippen LogP contribution in [0.25, 0.3) is 22.8 Å². The van der Waals surface area contributed by atoms with E-state index in [2.05, 4.69) is 25.9 Å². The summed E-state index contributed by atoms with van der Waals surface area (Å²) in [6.45, 7) is 1.85. The number of aromatic nitrogens is 6. The summed E-state index contributed by atoms with van der Waals surface area (Å²) >= 11 is 0. The fraction of sp³-hybridized carbons (Fsp3) is 0.0455. The summed E-state index contributed by atoms with van der Waals surface area (Å²) < 4.78 is 8.94. The topological polar surface area (TPSA) is 104 Å². The number of tetrazole rings is 1. The van der Waals surface area contributed by atoms with Crippen LogP contribution < -0.4 is 5.32 Å². The summed E-state index contributed by atoms with van der Waals surface area (Å²) in [7, 11) is 0. The zero-order valence-electron chi connectivity index (χ0n) is 16.5. The number of carbonyl (C=O) groups is 1. The van der Waals surface area contributed by atoms with Crippen molar-refractivity contribution >= 4 is 11.6 Å². The van der Waals surface area contributed by atoms with Gasteiger partial charge in [-0.2, -0.15) is 5.10 Å². The van der Waals surface area contributed by atoms with Crippen molar-refractivity contribution in [3.8, 4) is 22.8 Å². The third-order valence-electron chi connectivity index (χ3n) is 4.69. The average Bonchev–Trinajstić information content (AvgIpc) is 3.55. The van der Waals surface area contributed by atoms with E-state index in [0.29, 0.717) is 22.7 Å². The number of amides is 1. The molecule has 9 heteroatoms. The van der Waals surface area contributed by atoms with Gasteiger partial charge >= 0.3 is 0 Å². The highest BCUT2D eigenvalue weighted by Crippen LogP contribution is 2.26. The standard InChI is InChI=1S/C22H17N7O2/c1-15-7-12-20(31-15)21-19(13-28(25-21)17-5-3-2-4-6-17)22(30)24-16-8-10-18(11-9-16)29-14-23-26-27-29/h2-14H,1H3,(H,24,30). The first-order valence-electron chi connectivity index (χ1n) is 9.54. The second-order valence-electron chi connectivity index (χ2n) is 6.84. The number of rotatable bonds is 5. The van der Waals surface area contributed by atoms with Crippen molar-refractivity contribution in [2.24, 2.45) is 0 Å². The maximum absolute atomic E-state index is 13.1. The monoisotopic (exact) mass is 411 g/mol. The Morgan fingerprint density at radius 3 is 2.39 bits per heavy atom. The first-order valence-corrected chi connectivity index (χ1v) is 9.54. The Labute approximate surface area is 176 Å². The van der Waals surface area contributed by atoms with Crippen LogP contribution in [-0.2, 0) is 0 Å². The van der Waals surface area contributed by atoms with Gasteiger partial charge in [-0.3, -0.25) is 4.79 Å². The van der Waals surface area contributed by atoms with Gasteiger partial charge in [0.2, 0.25) is 0 Å². The molecule has 1 N–H and O–H groups in total. The molecule has 0 unspecified atom stereocenters. The second kappa shape index (κ2) is 7.71. The van der Waals surface area contributed by atoms with E-state index in [9.17, 15) is 4.79 Å². The van der Waals surface area contributed by atoms with E-state index >= 15 is 0 Å². The maximum atomic E-state index is 13.1. The predicted octanol–water partition coefficient (Wildman–Crippen LogP) is 3.67. The van der Waals surface area contributed by atoms with Gasteiger partial charge in [-0.05, 0) is 65.9 Å². The molecule has 0 spiro atoms. The summed E-state index contributed by atoms with van der Waals surface area (Å²) in [4.78, 5) is 13.1. The van der Waals surface area contributed by atoms with Crippen LogP contribution in [0.2, 0.25) is 0 Å². The van der Waals surface area contributed by atoms with Crippen molar-refractivity contribution in [2.45, 2.75) is 6.92 Å². The Hall–Kier alpha value is -4.53. The fourth-order valence-corrected chi connectivity index (χ4v) is 3.17. The Bertz CT molecular complexity index is 1320. The van der Waals surface area contributed by atoms with Crippen LogP contribution in [0.15, 0.2) is 83.7 Å². The van der Waals surface area contributed by atoms with Gasteiger partial charge in [-0.25, -0.2) is 9.36 Å². The minimum Gasteiger partial charge on any atom is -0.460 e. The van der Waals surface area contributed by atoms with Gasteiger partial charge in [0, 0.05) is 11.9 Å². The molecule has 31 heavy (non-hydrogen) atoms. The molecule has 0 radical (unpaired) electrons. The number of benzene rings is 2. The quantitative estimate of drug-likeness (QED) is 0.473. The predicted molar refractivity (Wildman–Crippen MR) is 113 cm³/mol. The molecule has 0 aliphatic heterocycles. The van der Waals surface area contributed by atoms with Crippen LogP contribution in [0.4, 0.5) is 5.69 Å². The van der Waals surface area contributed by atoms with E-state index in [1.807, 2.05) is 61.5 Å². The van der Waals surface area contributed by atoms with Crippen molar-refractivity contribution in [1.82, 2.24) is 30.0 Å². The first-order chi connectivity index (χ1) is 15.2. The average molecular weight is 411 g/mol. The molecular formula is C22H17N7O2. The van der Waals surface area contributed by atoms with Gasteiger partial charge in [0.05, 0.1) is 16.9 Å². The number of anilines is 1. The maximum Gasteiger partial charge on any atom is 0.259 e. The molecule has 0 bridgehead atoms. The van der Waals surface area contributed by atoms with Crippen LogP contribution in [0.1, 0.15) is 16.1 Å². The fourth-order valence-electron chi connectivity index (χ4n) is 3.17. The van der Waals surface area contributed by atoms with Gasteiger partial charge in [-0.1, -0.05) is 18.2 Å². The number of hydrogen-bond acceptors (Lipinski definition) is 6. The third kappa shape index (κ3) is 3.71. The Balaban J connectivity index is 1.46. The Morgan fingerprint density at radius 2 is 1.71 bits per heavy atom. The van der Waals surface area contributed by atoms with E-state index in [4.69, 9.17) is 4.42 Å². The molecule has 5 aromatic rings. The molecule has 0 aliphatic carbocycles. The van der Waals surface area contributed by atoms with E-state index in [1.54, 1.807) is 23.0 Å². The second-order valence-corrected chi connectivity index (χ2v) is 6.84. The number of furan rings is 1. The number of hydrogen-bond donors (Lipinski definition) is 1. The molecular weight excluding hydrogens is 394 g/mol. The zero-order chi connectivity index (χ0) is 21.2. The third-order valence-corrected chi connectivity index (χ3v) is 4.69. The van der Waals surface area contributed by atoms with Crippen LogP contribution in [0, 0.1) is 6.92 Å². The normalized spacial score (nSPS) is 10.9. The lowest BCUT2D eigenvalue weighted by atomic mass is 10.2. The van der Waals surface area contributed by atoms with E-state index in [0.717, 1.165) is 17.1 Å². The van der Waals surface area contributed by atoms with Gasteiger partial charge < -0.3 is 9.73 Å². The minimum absolute atomic E-state index is 0.290. The molecule has 1 amide bonds. The lowest BCUT2D eigenvalue weighted by molar-refractivity contribution is 0.102. The van der Waals surface area contributed by atoms with Crippen molar-refractivity contribution in [1.29, 1.82) is 0 Å². The van der Waals surface area contributed by atoms with Gasteiger partial charge in [-0.15, -0.1) is 5.10 Å². The number of nitrogens with zero attached hydrogens (tertiary/aromatic N) is 6. The SMILES string of the molecule is Cc1ccc(-c2nn(-c3ccccc3)cc2C(=O)Nc2ccc(-n3cnnn3)cc2)o1. The van der Waals surface area contributed by atoms with E-state index < -0.39 is 0 Å². The van der Waals surface area contributed by atoms with Crippen molar-refractivity contribution in [3.05, 3.63) is 90.6 Å². The van der Waals surface area contributed by atoms with Crippen molar-refractivity contribution in [3.63, 3.8) is 0 Å². The molecule has 9 nitrogen and oxygen atoms in total. The first kappa shape index (κ1) is 18.5. The molecule has 3 heterocycles. The summed E-state index contributed by atoms with van der Waals surface area (Å²) in [6.07, 6.45) is 3.20. The van der Waals surface area contributed by atoms with Gasteiger partial charge in [0.15, 0.2) is 5.76 Å². The lowest BCUT2D eigenvalue weighted by Crippen LogP contribution is -2.12. The smallest absolute Gasteiger partial charge is 0.259 e. The summed E-state index contributed by atoms with van der Waals surface area (Å²) in [5.74, 6) is 0.988. The van der Waals surface area contributed by atoms with Crippen molar-refractivity contribution < 1.29 is 9.21 Å². The number of carbonyl (C=O) groups excluding carboxylic acids is 1. The molecule has 5 rings (SSSR count). The number of para-hydroxylation sites is 1. The molecule has 0 atom stereocenters. The number of nitrogens with one attached hydrogen (secondary N) is 1. The van der Waals surface area contributed by atoms with E-state index in [-0.39, 0.29) is 5.91 Å². The van der Waals surface area contributed by atoms with Gasteiger partial charge in [0.25, 0.3) is 5.91 Å². The Kier molecular flexibility index (Phi) is 4.60. The highest BCUT2D eigenvalue weighted by Gasteiger charge is 2.21. The minimum atomic E-state index is -0.290. The largest absolute Gasteiger partial charge is 0.460 e. The molecule has 0 aliphatic rings. The van der Waals surface area contributed by atoms with Crippen LogP contribution in [0.5, 0.6) is 0 Å². The zero-order valence-corrected chi connectivity index (χ0v) is 16.5. The van der Waals surface area contributed by atoms with Gasteiger partial charge in [0.1, 0.15) is 17.8 Å². The number of aryl methyl sites for hydroxylation is 1. The summed E-state index contributed by atoms with van der Waals surface area (Å²) in [5.41, 5.74) is 3.14. The molecule has 2 aromatic carbocycles.